The molecule has 0 bridgehead atoms. The Balaban J connectivity index is 1.66. The second-order valence-corrected chi connectivity index (χ2v) is 9.51. The molecule has 0 aliphatic carbocycles. The fraction of sp³-hybridized carbons (Fsp3) is 0.400. The zero-order chi connectivity index (χ0) is 19.2. The number of sulfonamides is 1. The Hall–Kier alpha value is -1.80. The van der Waals surface area contributed by atoms with Crippen LogP contribution in [-0.2, 0) is 16.6 Å². The number of aliphatic hydroxyl groups excluding tert-OH is 1. The summed E-state index contributed by atoms with van der Waals surface area (Å²) in [6.45, 7) is 1.35. The van der Waals surface area contributed by atoms with Crippen LogP contribution >= 0.6 is 0 Å². The quantitative estimate of drug-likeness (QED) is 0.846. The van der Waals surface area contributed by atoms with Crippen molar-refractivity contribution in [2.75, 3.05) is 26.0 Å². The smallest absolute Gasteiger partial charge is 0.211 e. The molecule has 7 heteroatoms. The van der Waals surface area contributed by atoms with Crippen LogP contribution in [0.1, 0.15) is 17.0 Å². The van der Waals surface area contributed by atoms with Crippen LogP contribution in [0.25, 0.3) is 0 Å². The molecule has 2 aliphatic heterocycles. The summed E-state index contributed by atoms with van der Waals surface area (Å²) in [5.41, 5.74) is 1.71. The van der Waals surface area contributed by atoms with Crippen LogP contribution in [0.2, 0.25) is 0 Å². The van der Waals surface area contributed by atoms with Crippen molar-refractivity contribution < 1.29 is 17.9 Å². The van der Waals surface area contributed by atoms with Gasteiger partial charge in [-0.1, -0.05) is 42.5 Å². The van der Waals surface area contributed by atoms with Gasteiger partial charge >= 0.3 is 0 Å². The molecule has 4 rings (SSSR count). The molecular weight excluding hydrogens is 367 g/mol. The van der Waals surface area contributed by atoms with Crippen molar-refractivity contribution >= 4 is 10.0 Å². The lowest BCUT2D eigenvalue weighted by molar-refractivity contribution is -0.175. The summed E-state index contributed by atoms with van der Waals surface area (Å²) in [4.78, 5) is 2.18. The molecule has 2 atom stereocenters. The Labute approximate surface area is 159 Å². The molecule has 2 aromatic rings. The van der Waals surface area contributed by atoms with Crippen molar-refractivity contribution in [3.8, 4) is 0 Å². The van der Waals surface area contributed by atoms with E-state index in [4.69, 9.17) is 0 Å². The molecule has 0 unspecified atom stereocenters. The van der Waals surface area contributed by atoms with E-state index in [9.17, 15) is 17.9 Å². The van der Waals surface area contributed by atoms with Gasteiger partial charge in [-0.25, -0.2) is 12.8 Å². The normalized spacial score (nSPS) is 25.1. The van der Waals surface area contributed by atoms with E-state index in [1.165, 1.54) is 22.7 Å². The molecule has 0 amide bonds. The number of hydrogen-bond acceptors (Lipinski definition) is 4. The third-order valence-corrected chi connectivity index (χ3v) is 7.11. The number of rotatable bonds is 5. The van der Waals surface area contributed by atoms with Crippen molar-refractivity contribution in [1.29, 1.82) is 0 Å². The lowest BCUT2D eigenvalue weighted by Crippen LogP contribution is -2.84. The molecule has 0 radical (unpaired) electrons. The van der Waals surface area contributed by atoms with E-state index >= 15 is 0 Å². The first-order chi connectivity index (χ1) is 12.8. The van der Waals surface area contributed by atoms with Gasteiger partial charge in [0.25, 0.3) is 0 Å². The summed E-state index contributed by atoms with van der Waals surface area (Å²) < 4.78 is 38.6. The van der Waals surface area contributed by atoms with E-state index in [2.05, 4.69) is 4.90 Å². The van der Waals surface area contributed by atoms with Crippen LogP contribution in [0.15, 0.2) is 54.6 Å². The van der Waals surface area contributed by atoms with E-state index < -0.39 is 10.0 Å². The van der Waals surface area contributed by atoms with Crippen LogP contribution in [0.3, 0.4) is 0 Å². The van der Waals surface area contributed by atoms with Crippen LogP contribution < -0.4 is 0 Å². The highest BCUT2D eigenvalue weighted by Crippen LogP contribution is 2.54. The summed E-state index contributed by atoms with van der Waals surface area (Å²) in [5.74, 6) is -0.230. The number of aliphatic hydroxyl groups is 1. The van der Waals surface area contributed by atoms with Gasteiger partial charge < -0.3 is 5.11 Å². The van der Waals surface area contributed by atoms with Crippen LogP contribution in [0.4, 0.5) is 4.39 Å². The summed E-state index contributed by atoms with van der Waals surface area (Å²) in [5, 5.41) is 10.1. The van der Waals surface area contributed by atoms with Crippen molar-refractivity contribution in [2.45, 2.75) is 24.0 Å². The minimum absolute atomic E-state index is 0.0125. The molecule has 27 heavy (non-hydrogen) atoms. The maximum atomic E-state index is 13.2. The summed E-state index contributed by atoms with van der Waals surface area (Å²) >= 11 is 0. The molecule has 1 spiro atoms. The third kappa shape index (κ3) is 3.08. The molecule has 0 saturated carbocycles. The molecule has 144 valence electrons. The largest absolute Gasteiger partial charge is 0.395 e. The van der Waals surface area contributed by atoms with Crippen molar-refractivity contribution in [3.63, 3.8) is 0 Å². The van der Waals surface area contributed by atoms with Gasteiger partial charge in [0.15, 0.2) is 0 Å². The van der Waals surface area contributed by atoms with E-state index in [0.29, 0.717) is 19.6 Å². The molecule has 0 aromatic heterocycles. The molecule has 5 nitrogen and oxygen atoms in total. The standard InChI is InChI=1S/C20H23FN2O3S/c1-27(25,26)22-13-20(14-22)19(16-5-3-2-4-6-16)18(12-24)23(20)11-15-7-9-17(21)10-8-15/h2-10,18-19,24H,11-14H2,1H3/t18-,19+/m1/s1. The van der Waals surface area contributed by atoms with E-state index in [-0.39, 0.29) is 29.9 Å². The highest BCUT2D eigenvalue weighted by atomic mass is 32.2. The minimum Gasteiger partial charge on any atom is -0.395 e. The fourth-order valence-electron chi connectivity index (χ4n) is 4.60. The number of benzene rings is 2. The van der Waals surface area contributed by atoms with E-state index in [1.807, 2.05) is 30.3 Å². The summed E-state index contributed by atoms with van der Waals surface area (Å²) in [6, 6.07) is 16.2. The van der Waals surface area contributed by atoms with Crippen LogP contribution in [0, 0.1) is 5.82 Å². The lowest BCUT2D eigenvalue weighted by atomic mass is 9.61. The van der Waals surface area contributed by atoms with E-state index in [1.54, 1.807) is 12.1 Å². The Morgan fingerprint density at radius 2 is 1.74 bits per heavy atom. The van der Waals surface area contributed by atoms with Gasteiger partial charge in [-0.2, -0.15) is 4.31 Å². The predicted octanol–water partition coefficient (Wildman–Crippen LogP) is 1.80. The van der Waals surface area contributed by atoms with Gasteiger partial charge in [0.05, 0.1) is 18.4 Å². The number of likely N-dealkylation sites (tertiary alicyclic amines) is 1. The average Bonchev–Trinajstić information content (AvgIpc) is 2.58. The number of halogens is 1. The Bertz CT molecular complexity index is 912. The van der Waals surface area contributed by atoms with Crippen LogP contribution in [0.5, 0.6) is 0 Å². The van der Waals surface area contributed by atoms with E-state index in [0.717, 1.165) is 11.1 Å². The maximum Gasteiger partial charge on any atom is 0.211 e. The van der Waals surface area contributed by atoms with Gasteiger partial charge in [-0.3, -0.25) is 4.90 Å². The second-order valence-electron chi connectivity index (χ2n) is 7.53. The first-order valence-corrected chi connectivity index (χ1v) is 10.8. The highest BCUT2D eigenvalue weighted by Gasteiger charge is 2.66. The summed E-state index contributed by atoms with van der Waals surface area (Å²) in [6.07, 6.45) is 1.23. The SMILES string of the molecule is CS(=O)(=O)N1CC2(C1)[C@@H](c1ccccc1)[C@@H](CO)N2Cc1ccc(F)cc1. The minimum atomic E-state index is -3.25. The Morgan fingerprint density at radius 3 is 2.30 bits per heavy atom. The zero-order valence-corrected chi connectivity index (χ0v) is 15.9. The van der Waals surface area contributed by atoms with Gasteiger partial charge in [0.1, 0.15) is 5.82 Å². The average molecular weight is 390 g/mol. The third-order valence-electron chi connectivity index (χ3n) is 5.92. The Kier molecular flexibility index (Phi) is 4.58. The molecule has 2 fully saturated rings. The van der Waals surface area contributed by atoms with Gasteiger partial charge in [0.2, 0.25) is 10.0 Å². The monoisotopic (exact) mass is 390 g/mol. The second kappa shape index (κ2) is 6.67. The van der Waals surface area contributed by atoms with Gasteiger partial charge in [-0.15, -0.1) is 0 Å². The van der Waals surface area contributed by atoms with Gasteiger partial charge in [-0.05, 0) is 23.3 Å². The Morgan fingerprint density at radius 1 is 1.11 bits per heavy atom. The molecular formula is C20H23FN2O3S. The highest BCUT2D eigenvalue weighted by molar-refractivity contribution is 7.88. The fourth-order valence-corrected chi connectivity index (χ4v) is 5.52. The molecule has 2 heterocycles. The number of hydrogen-bond donors (Lipinski definition) is 1. The first kappa shape index (κ1) is 18.6. The zero-order valence-electron chi connectivity index (χ0n) is 15.1. The first-order valence-electron chi connectivity index (χ1n) is 8.97. The molecule has 2 saturated heterocycles. The molecule has 2 aliphatic rings. The maximum absolute atomic E-state index is 13.2. The molecule has 2 aromatic carbocycles. The topological polar surface area (TPSA) is 60.9 Å². The van der Waals surface area contributed by atoms with Crippen molar-refractivity contribution in [1.82, 2.24) is 9.21 Å². The van der Waals surface area contributed by atoms with Crippen molar-refractivity contribution in [3.05, 3.63) is 71.5 Å². The summed E-state index contributed by atoms with van der Waals surface area (Å²) in [7, 11) is -3.25. The number of nitrogens with zero attached hydrogens (tertiary/aromatic N) is 2. The lowest BCUT2D eigenvalue weighted by Gasteiger charge is -2.70. The van der Waals surface area contributed by atoms with Gasteiger partial charge in [0, 0.05) is 31.6 Å². The van der Waals surface area contributed by atoms with Crippen LogP contribution in [-0.4, -0.2) is 60.3 Å². The van der Waals surface area contributed by atoms with Crippen molar-refractivity contribution in [2.24, 2.45) is 0 Å². The predicted molar refractivity (Wildman–Crippen MR) is 101 cm³/mol. The molecule has 1 N–H and O–H groups in total.